The molecule has 9 heteroatoms. The Morgan fingerprint density at radius 1 is 1.10 bits per heavy atom. The Morgan fingerprint density at radius 2 is 1.77 bits per heavy atom. The monoisotopic (exact) mass is 450 g/mol. The van der Waals surface area contributed by atoms with E-state index in [9.17, 15) is 13.2 Å². The highest BCUT2D eigenvalue weighted by atomic mass is 32.2. The number of aromatic nitrogens is 2. The lowest BCUT2D eigenvalue weighted by molar-refractivity contribution is -0.116. The Balaban J connectivity index is 1.52. The Hall–Kier alpha value is -1.84. The van der Waals surface area contributed by atoms with Crippen LogP contribution in [0.1, 0.15) is 68.9 Å². The average Bonchev–Trinajstić information content (AvgIpc) is 3.22. The summed E-state index contributed by atoms with van der Waals surface area (Å²) in [6.07, 6.45) is 6.92. The molecule has 1 aliphatic rings. The maximum atomic E-state index is 12.5. The summed E-state index contributed by atoms with van der Waals surface area (Å²) in [5.41, 5.74) is 0.920. The second kappa shape index (κ2) is 10.5. The second-order valence-electron chi connectivity index (χ2n) is 7.56. The smallest absolute Gasteiger partial charge is 0.243 e. The van der Waals surface area contributed by atoms with Crippen molar-refractivity contribution in [1.82, 2.24) is 14.5 Å². The molecule has 1 aromatic heterocycles. The maximum absolute atomic E-state index is 12.5. The van der Waals surface area contributed by atoms with Crippen LogP contribution in [-0.2, 0) is 21.2 Å². The molecule has 1 heterocycles. The van der Waals surface area contributed by atoms with Crippen LogP contribution in [0.2, 0.25) is 0 Å². The summed E-state index contributed by atoms with van der Waals surface area (Å²) in [5.74, 6) is 0.370. The molecule has 1 aromatic carbocycles. The Bertz CT molecular complexity index is 931. The van der Waals surface area contributed by atoms with Gasteiger partial charge in [-0.05, 0) is 37.0 Å². The first-order chi connectivity index (χ1) is 14.4. The molecule has 30 heavy (non-hydrogen) atoms. The maximum Gasteiger partial charge on any atom is 0.243 e. The van der Waals surface area contributed by atoms with Crippen molar-refractivity contribution >= 4 is 32.4 Å². The number of sulfonamides is 1. The van der Waals surface area contributed by atoms with Gasteiger partial charge >= 0.3 is 0 Å². The van der Waals surface area contributed by atoms with Gasteiger partial charge in [-0.15, -0.1) is 10.2 Å². The molecule has 3 rings (SSSR count). The quantitative estimate of drug-likeness (QED) is 0.618. The molecular weight excluding hydrogens is 420 g/mol. The van der Waals surface area contributed by atoms with E-state index in [4.69, 9.17) is 0 Å². The summed E-state index contributed by atoms with van der Waals surface area (Å²) in [6.45, 7) is 4.53. The molecule has 0 radical (unpaired) electrons. The minimum atomic E-state index is -3.46. The number of amides is 1. The first-order valence-electron chi connectivity index (χ1n) is 10.7. The molecule has 1 amide bonds. The summed E-state index contributed by atoms with van der Waals surface area (Å²) < 4.78 is 26.5. The van der Waals surface area contributed by atoms with Gasteiger partial charge in [0.05, 0.1) is 4.90 Å². The molecule has 0 spiro atoms. The molecule has 0 aliphatic heterocycles. The van der Waals surface area contributed by atoms with Crippen LogP contribution in [-0.4, -0.2) is 41.9 Å². The summed E-state index contributed by atoms with van der Waals surface area (Å²) >= 11 is 1.48. The van der Waals surface area contributed by atoms with Gasteiger partial charge in [-0.3, -0.25) is 4.79 Å². The number of nitrogens with one attached hydrogen (secondary N) is 1. The van der Waals surface area contributed by atoms with Crippen molar-refractivity contribution < 1.29 is 13.2 Å². The van der Waals surface area contributed by atoms with E-state index in [-0.39, 0.29) is 10.8 Å². The van der Waals surface area contributed by atoms with Gasteiger partial charge in [0, 0.05) is 25.4 Å². The minimum absolute atomic E-state index is 0.110. The van der Waals surface area contributed by atoms with Gasteiger partial charge in [-0.1, -0.05) is 56.6 Å². The zero-order valence-corrected chi connectivity index (χ0v) is 19.3. The van der Waals surface area contributed by atoms with Crippen molar-refractivity contribution in [2.24, 2.45) is 0 Å². The Kier molecular flexibility index (Phi) is 7.96. The fourth-order valence-electron chi connectivity index (χ4n) is 3.78. The van der Waals surface area contributed by atoms with Crippen molar-refractivity contribution in [3.63, 3.8) is 0 Å². The third-order valence-corrected chi connectivity index (χ3v) is 8.61. The minimum Gasteiger partial charge on any atom is -0.301 e. The van der Waals surface area contributed by atoms with Gasteiger partial charge in [0.2, 0.25) is 21.1 Å². The van der Waals surface area contributed by atoms with Crippen molar-refractivity contribution in [3.8, 4) is 0 Å². The average molecular weight is 451 g/mol. The summed E-state index contributed by atoms with van der Waals surface area (Å²) in [7, 11) is -3.46. The molecule has 1 fully saturated rings. The molecule has 0 unspecified atom stereocenters. The van der Waals surface area contributed by atoms with Gasteiger partial charge < -0.3 is 5.32 Å². The standard InChI is InChI=1S/C21H30N4O3S2/c1-3-25(4-2)30(27,28)18-13-10-16(11-14-18)12-15-19(26)22-21-24-23-20(29-21)17-8-6-5-7-9-17/h10-11,13-14,17H,3-9,12,15H2,1-2H3,(H,22,24,26). The summed E-state index contributed by atoms with van der Waals surface area (Å²) in [6, 6.07) is 6.77. The highest BCUT2D eigenvalue weighted by molar-refractivity contribution is 7.89. The molecule has 1 aliphatic carbocycles. The molecule has 164 valence electrons. The van der Waals surface area contributed by atoms with Crippen LogP contribution >= 0.6 is 11.3 Å². The van der Waals surface area contributed by atoms with Crippen LogP contribution in [0.5, 0.6) is 0 Å². The van der Waals surface area contributed by atoms with Gasteiger partial charge in [-0.2, -0.15) is 4.31 Å². The highest BCUT2D eigenvalue weighted by Gasteiger charge is 2.22. The molecule has 0 atom stereocenters. The number of nitrogens with zero attached hydrogens (tertiary/aromatic N) is 3. The van der Waals surface area contributed by atoms with Gasteiger partial charge in [-0.25, -0.2) is 8.42 Å². The van der Waals surface area contributed by atoms with E-state index in [1.165, 1.54) is 34.9 Å². The largest absolute Gasteiger partial charge is 0.301 e. The van der Waals surface area contributed by atoms with Gasteiger partial charge in [0.15, 0.2) is 0 Å². The number of hydrogen-bond donors (Lipinski definition) is 1. The number of hydrogen-bond acceptors (Lipinski definition) is 6. The zero-order valence-electron chi connectivity index (χ0n) is 17.6. The number of aryl methyl sites for hydroxylation is 1. The second-order valence-corrected chi connectivity index (χ2v) is 10.5. The van der Waals surface area contributed by atoms with E-state index in [2.05, 4.69) is 15.5 Å². The Morgan fingerprint density at radius 3 is 2.40 bits per heavy atom. The molecule has 7 nitrogen and oxygen atoms in total. The van der Waals surface area contributed by atoms with Crippen LogP contribution in [0.3, 0.4) is 0 Å². The Labute approximate surface area is 183 Å². The fourth-order valence-corrected chi connectivity index (χ4v) is 6.17. The molecule has 2 aromatic rings. The number of carbonyl (C=O) groups excluding carboxylic acids is 1. The molecule has 1 saturated carbocycles. The summed E-state index contributed by atoms with van der Waals surface area (Å²) in [5, 5.41) is 12.8. The first kappa shape index (κ1) is 22.8. The molecule has 1 N–H and O–H groups in total. The molecule has 0 saturated heterocycles. The van der Waals surface area contributed by atoms with Crippen LogP contribution in [0, 0.1) is 0 Å². The molecule has 0 bridgehead atoms. The van der Waals surface area contributed by atoms with E-state index in [1.54, 1.807) is 24.3 Å². The van der Waals surface area contributed by atoms with E-state index in [0.29, 0.717) is 37.0 Å². The van der Waals surface area contributed by atoms with Crippen molar-refractivity contribution in [3.05, 3.63) is 34.8 Å². The fraction of sp³-hybridized carbons (Fsp3) is 0.571. The predicted octanol–water partition coefficient (Wildman–Crippen LogP) is 4.19. The predicted molar refractivity (Wildman–Crippen MR) is 119 cm³/mol. The van der Waals surface area contributed by atoms with Crippen LogP contribution in [0.4, 0.5) is 5.13 Å². The lowest BCUT2D eigenvalue weighted by Crippen LogP contribution is -2.30. The van der Waals surface area contributed by atoms with E-state index in [1.807, 2.05) is 13.8 Å². The van der Waals surface area contributed by atoms with Gasteiger partial charge in [0.25, 0.3) is 0 Å². The first-order valence-corrected chi connectivity index (χ1v) is 12.9. The van der Waals surface area contributed by atoms with Gasteiger partial charge in [0.1, 0.15) is 5.01 Å². The van der Waals surface area contributed by atoms with Crippen molar-refractivity contribution in [2.45, 2.75) is 69.6 Å². The van der Waals surface area contributed by atoms with Crippen molar-refractivity contribution in [2.75, 3.05) is 18.4 Å². The van der Waals surface area contributed by atoms with Crippen molar-refractivity contribution in [1.29, 1.82) is 0 Å². The van der Waals surface area contributed by atoms with Crippen LogP contribution in [0.15, 0.2) is 29.2 Å². The third-order valence-electron chi connectivity index (χ3n) is 5.55. The van der Waals surface area contributed by atoms with Crippen LogP contribution < -0.4 is 5.32 Å². The topological polar surface area (TPSA) is 92.3 Å². The number of benzene rings is 1. The van der Waals surface area contributed by atoms with E-state index in [0.717, 1.165) is 23.4 Å². The van der Waals surface area contributed by atoms with Crippen LogP contribution in [0.25, 0.3) is 0 Å². The van der Waals surface area contributed by atoms with E-state index < -0.39 is 10.0 Å². The lowest BCUT2D eigenvalue weighted by Gasteiger charge is -2.18. The summed E-state index contributed by atoms with van der Waals surface area (Å²) in [4.78, 5) is 12.6. The van der Waals surface area contributed by atoms with E-state index >= 15 is 0 Å². The zero-order chi connectivity index (χ0) is 21.6. The SMILES string of the molecule is CCN(CC)S(=O)(=O)c1ccc(CCC(=O)Nc2nnc(C3CCCCC3)s2)cc1. The number of anilines is 1. The normalized spacial score (nSPS) is 15.4. The number of rotatable bonds is 9. The highest BCUT2D eigenvalue weighted by Crippen LogP contribution is 2.35. The lowest BCUT2D eigenvalue weighted by atomic mass is 9.90. The number of carbonyl (C=O) groups is 1. The molecular formula is C21H30N4O3S2. The third kappa shape index (κ3) is 5.65.